The zero-order valence-electron chi connectivity index (χ0n) is 3.87. The molecule has 0 rings (SSSR count). The Balaban J connectivity index is -0.000000245. The molecule has 0 bridgehead atoms. The van der Waals surface area contributed by atoms with E-state index in [1.165, 1.54) is 0 Å². The second-order valence-corrected chi connectivity index (χ2v) is 1.01. The Kier molecular flexibility index (Phi) is 18.0. The van der Waals surface area contributed by atoms with Crippen molar-refractivity contribution in [3.8, 4) is 0 Å². The maximum atomic E-state index is 9.55. The average molecular weight is 180 g/mol. The summed E-state index contributed by atoms with van der Waals surface area (Å²) in [6.07, 6.45) is 1.12. The zero-order valence-corrected chi connectivity index (χ0v) is 3.87. The van der Waals surface area contributed by atoms with Gasteiger partial charge in [0.05, 0.1) is 0 Å². The van der Waals surface area contributed by atoms with Crippen LogP contribution in [-0.4, -0.2) is 103 Å². The summed E-state index contributed by atoms with van der Waals surface area (Å²) in [6.45, 7) is 0. The summed E-state index contributed by atoms with van der Waals surface area (Å²) in [5, 5.41) is 15.6. The molecule has 48 valence electrons. The Bertz CT molecular complexity index is 128. The fourth-order valence-electron chi connectivity index (χ4n) is 0.143. The molecule has 4 nitrogen and oxygen atoms in total. The van der Waals surface area contributed by atoms with Crippen molar-refractivity contribution in [1.29, 1.82) is 0 Å². The third-order valence-corrected chi connectivity index (χ3v) is 0.368. The topological polar surface area (TPSA) is 74.6 Å². The van der Waals surface area contributed by atoms with Crippen LogP contribution in [0.3, 0.4) is 0 Å². The van der Waals surface area contributed by atoms with Gasteiger partial charge in [0.1, 0.15) is 0 Å². The normalized spacial score (nSPS) is 7.60. The number of hydrogen-bond donors (Lipinski definition) is 2. The van der Waals surface area contributed by atoms with E-state index in [0.717, 1.165) is 0 Å². The van der Waals surface area contributed by atoms with Crippen LogP contribution in [0.25, 0.3) is 0 Å². The van der Waals surface area contributed by atoms with Crippen LogP contribution in [0.1, 0.15) is 0 Å². The summed E-state index contributed by atoms with van der Waals surface area (Å²) in [4.78, 5) is 19.1. The molecular formula is C4H6KNaO4. The van der Waals surface area contributed by atoms with Crippen molar-refractivity contribution >= 4 is 92.9 Å². The van der Waals surface area contributed by atoms with Gasteiger partial charge < -0.3 is 10.2 Å². The fraction of sp³-hybridized carbons (Fsp3) is 0. The van der Waals surface area contributed by atoms with Gasteiger partial charge in [-0.25, -0.2) is 9.59 Å². The van der Waals surface area contributed by atoms with E-state index in [1.807, 2.05) is 0 Å². The first kappa shape index (κ1) is 17.4. The quantitative estimate of drug-likeness (QED) is 0.397. The molecule has 0 unspecified atom stereocenters. The average Bonchev–Trinajstić information content (AvgIpc) is 1.61. The van der Waals surface area contributed by atoms with E-state index in [4.69, 9.17) is 10.2 Å². The standard InChI is InChI=1S/C4H4O4.K.Na.2H/c5-3(6)1-2-4(7)8;;;;/h1-2H,(H,5,6)(H,7,8);;;;/b2-1+;;;;. The van der Waals surface area contributed by atoms with Crippen LogP contribution in [-0.2, 0) is 9.59 Å². The molecule has 0 fully saturated rings. The molecule has 0 aliphatic carbocycles. The van der Waals surface area contributed by atoms with Crippen molar-refractivity contribution < 1.29 is 19.8 Å². The molecule has 0 saturated carbocycles. The Hall–Kier alpha value is 1.32. The summed E-state index contributed by atoms with van der Waals surface area (Å²) < 4.78 is 0. The molecule has 0 aliphatic rings. The third-order valence-electron chi connectivity index (χ3n) is 0.368. The third kappa shape index (κ3) is 16.2. The molecule has 0 heterocycles. The van der Waals surface area contributed by atoms with E-state index in [9.17, 15) is 9.59 Å². The monoisotopic (exact) mass is 180 g/mol. The van der Waals surface area contributed by atoms with Crippen LogP contribution in [0.5, 0.6) is 0 Å². The van der Waals surface area contributed by atoms with Crippen molar-refractivity contribution in [2.45, 2.75) is 0 Å². The number of carboxylic acids is 2. The van der Waals surface area contributed by atoms with Crippen molar-refractivity contribution in [1.82, 2.24) is 0 Å². The molecule has 0 aromatic heterocycles. The molecule has 0 aromatic carbocycles. The molecule has 10 heavy (non-hydrogen) atoms. The van der Waals surface area contributed by atoms with E-state index in [-0.39, 0.29) is 80.9 Å². The van der Waals surface area contributed by atoms with Gasteiger partial charge in [-0.3, -0.25) is 0 Å². The molecule has 2 N–H and O–H groups in total. The van der Waals surface area contributed by atoms with Gasteiger partial charge in [0, 0.05) is 12.2 Å². The molecule has 0 atom stereocenters. The van der Waals surface area contributed by atoms with Crippen LogP contribution in [0.15, 0.2) is 12.2 Å². The molecule has 0 saturated heterocycles. The van der Waals surface area contributed by atoms with E-state index < -0.39 is 11.9 Å². The van der Waals surface area contributed by atoms with Crippen molar-refractivity contribution in [2.75, 3.05) is 0 Å². The fourth-order valence-corrected chi connectivity index (χ4v) is 0.143. The van der Waals surface area contributed by atoms with Crippen molar-refractivity contribution in [3.05, 3.63) is 12.2 Å². The van der Waals surface area contributed by atoms with Gasteiger partial charge in [-0.2, -0.15) is 0 Å². The summed E-state index contributed by atoms with van der Waals surface area (Å²) >= 11 is 0. The van der Waals surface area contributed by atoms with Crippen LogP contribution in [0.4, 0.5) is 0 Å². The Morgan fingerprint density at radius 3 is 1.30 bits per heavy atom. The maximum absolute atomic E-state index is 9.55. The van der Waals surface area contributed by atoms with Crippen molar-refractivity contribution in [2.24, 2.45) is 0 Å². The molecule has 0 radical (unpaired) electrons. The minimum absolute atomic E-state index is 0. The Morgan fingerprint density at radius 1 is 1.00 bits per heavy atom. The van der Waals surface area contributed by atoms with Gasteiger partial charge in [-0.05, 0) is 0 Å². The summed E-state index contributed by atoms with van der Waals surface area (Å²) in [6, 6.07) is 0. The second-order valence-electron chi connectivity index (χ2n) is 1.01. The Labute approximate surface area is 122 Å². The summed E-state index contributed by atoms with van der Waals surface area (Å²) in [5.41, 5.74) is 0. The summed E-state index contributed by atoms with van der Waals surface area (Å²) in [5.74, 6) is -2.51. The first-order chi connectivity index (χ1) is 3.63. The molecule has 0 aromatic rings. The zero-order chi connectivity index (χ0) is 6.57. The van der Waals surface area contributed by atoms with Crippen LogP contribution in [0, 0.1) is 0 Å². The minimum atomic E-state index is -1.26. The summed E-state index contributed by atoms with van der Waals surface area (Å²) in [7, 11) is 0. The van der Waals surface area contributed by atoms with Crippen LogP contribution in [0.2, 0.25) is 0 Å². The number of carboxylic acid groups (broad SMARTS) is 2. The SMILES string of the molecule is O=C(O)/C=C/C(=O)O.[KH].[NaH]. The van der Waals surface area contributed by atoms with Gasteiger partial charge in [-0.15, -0.1) is 0 Å². The first-order valence-electron chi connectivity index (χ1n) is 1.77. The number of aliphatic carboxylic acids is 2. The van der Waals surface area contributed by atoms with E-state index in [0.29, 0.717) is 12.2 Å². The van der Waals surface area contributed by atoms with Crippen LogP contribution >= 0.6 is 0 Å². The molecule has 0 amide bonds. The van der Waals surface area contributed by atoms with Gasteiger partial charge >= 0.3 is 92.9 Å². The molecular weight excluding hydrogens is 174 g/mol. The van der Waals surface area contributed by atoms with Gasteiger partial charge in [0.15, 0.2) is 0 Å². The van der Waals surface area contributed by atoms with Gasteiger partial charge in [-0.1, -0.05) is 0 Å². The van der Waals surface area contributed by atoms with Gasteiger partial charge in [0.2, 0.25) is 0 Å². The number of rotatable bonds is 2. The first-order valence-corrected chi connectivity index (χ1v) is 1.77. The van der Waals surface area contributed by atoms with Gasteiger partial charge in [0.25, 0.3) is 0 Å². The number of carbonyl (C=O) groups is 2. The molecule has 0 spiro atoms. The predicted molar refractivity (Wildman–Crippen MR) is 38.7 cm³/mol. The van der Waals surface area contributed by atoms with E-state index in [2.05, 4.69) is 0 Å². The molecule has 0 aliphatic heterocycles. The molecule has 6 heteroatoms. The number of hydrogen-bond acceptors (Lipinski definition) is 2. The predicted octanol–water partition coefficient (Wildman–Crippen LogP) is -1.59. The van der Waals surface area contributed by atoms with Crippen molar-refractivity contribution in [3.63, 3.8) is 0 Å². The van der Waals surface area contributed by atoms with Crippen LogP contribution < -0.4 is 0 Å². The van der Waals surface area contributed by atoms with E-state index in [1.54, 1.807) is 0 Å². The second kappa shape index (κ2) is 10.3. The Morgan fingerprint density at radius 2 is 1.20 bits per heavy atom. The van der Waals surface area contributed by atoms with E-state index >= 15 is 0 Å².